The third kappa shape index (κ3) is 6.33. The van der Waals surface area contributed by atoms with E-state index in [1.54, 1.807) is 12.1 Å². The topological polar surface area (TPSA) is 38.8 Å². The second kappa shape index (κ2) is 10.6. The van der Waals surface area contributed by atoms with Gasteiger partial charge in [0.15, 0.2) is 6.10 Å². The zero-order valence-electron chi connectivity index (χ0n) is 15.1. The maximum Gasteiger partial charge on any atom is 0.338 e. The van der Waals surface area contributed by atoms with E-state index in [0.717, 1.165) is 25.2 Å². The Morgan fingerprint density at radius 2 is 1.56 bits per heavy atom. The monoisotopic (exact) mass is 341 g/mol. The van der Waals surface area contributed by atoms with Crippen molar-refractivity contribution in [3.05, 3.63) is 71.8 Å². The summed E-state index contributed by atoms with van der Waals surface area (Å²) in [6.45, 7) is 8.13. The van der Waals surface area contributed by atoms with Crippen LogP contribution in [0.5, 0.6) is 0 Å². The molecule has 1 atom stereocenters. The van der Waals surface area contributed by atoms with E-state index < -0.39 is 6.10 Å². The predicted octanol–water partition coefficient (Wildman–Crippen LogP) is 3.94. The Bertz CT molecular complexity index is 612. The van der Waals surface area contributed by atoms with Crippen LogP contribution in [0.3, 0.4) is 0 Å². The molecule has 0 bridgehead atoms. The average molecular weight is 341 g/mol. The van der Waals surface area contributed by atoms with E-state index in [1.165, 1.54) is 0 Å². The van der Waals surface area contributed by atoms with Crippen LogP contribution in [-0.4, -0.2) is 43.7 Å². The summed E-state index contributed by atoms with van der Waals surface area (Å²) < 4.78 is 11.5. The summed E-state index contributed by atoms with van der Waals surface area (Å²) in [5.41, 5.74) is 1.49. The van der Waals surface area contributed by atoms with Crippen molar-refractivity contribution < 1.29 is 14.3 Å². The van der Waals surface area contributed by atoms with Crippen molar-refractivity contribution >= 4 is 5.97 Å². The van der Waals surface area contributed by atoms with Gasteiger partial charge in [-0.2, -0.15) is 0 Å². The van der Waals surface area contributed by atoms with Gasteiger partial charge >= 0.3 is 5.97 Å². The number of carbonyl (C=O) groups is 1. The highest BCUT2D eigenvalue weighted by Gasteiger charge is 2.18. The minimum Gasteiger partial charge on any atom is -0.451 e. The molecule has 0 aromatic heterocycles. The van der Waals surface area contributed by atoms with Gasteiger partial charge in [-0.15, -0.1) is 0 Å². The highest BCUT2D eigenvalue weighted by Crippen LogP contribution is 2.19. The lowest BCUT2D eigenvalue weighted by Gasteiger charge is -2.21. The molecule has 0 spiro atoms. The average Bonchev–Trinajstić information content (AvgIpc) is 2.68. The molecule has 0 aliphatic heterocycles. The van der Waals surface area contributed by atoms with Gasteiger partial charge in [0, 0.05) is 6.54 Å². The standard InChI is InChI=1S/C21H27NO3/c1-3-22(4-2)15-16-24-17-20(18-11-7-5-8-12-18)25-21(23)19-13-9-6-10-14-19/h5-14,20H,3-4,15-17H2,1-2H3. The van der Waals surface area contributed by atoms with Gasteiger partial charge in [0.2, 0.25) is 0 Å². The Morgan fingerprint density at radius 3 is 2.16 bits per heavy atom. The summed E-state index contributed by atoms with van der Waals surface area (Å²) >= 11 is 0. The van der Waals surface area contributed by atoms with Crippen LogP contribution in [0.2, 0.25) is 0 Å². The molecule has 2 aromatic carbocycles. The number of benzene rings is 2. The largest absolute Gasteiger partial charge is 0.451 e. The molecule has 25 heavy (non-hydrogen) atoms. The second-order valence-corrected chi connectivity index (χ2v) is 5.77. The van der Waals surface area contributed by atoms with E-state index in [-0.39, 0.29) is 5.97 Å². The maximum atomic E-state index is 12.4. The first kappa shape index (κ1) is 19.2. The zero-order chi connectivity index (χ0) is 17.9. The fourth-order valence-electron chi connectivity index (χ4n) is 2.56. The van der Waals surface area contributed by atoms with Gasteiger partial charge in [-0.05, 0) is 30.8 Å². The van der Waals surface area contributed by atoms with Crippen LogP contribution in [0.25, 0.3) is 0 Å². The van der Waals surface area contributed by atoms with Crippen molar-refractivity contribution in [1.82, 2.24) is 4.90 Å². The molecule has 0 aliphatic rings. The first-order valence-electron chi connectivity index (χ1n) is 8.85. The summed E-state index contributed by atoms with van der Waals surface area (Å²) in [6, 6.07) is 18.8. The molecule has 2 rings (SSSR count). The molecule has 2 aromatic rings. The number of hydrogen-bond donors (Lipinski definition) is 0. The molecule has 0 amide bonds. The van der Waals surface area contributed by atoms with Crippen molar-refractivity contribution in [3.63, 3.8) is 0 Å². The lowest BCUT2D eigenvalue weighted by Crippen LogP contribution is -2.28. The van der Waals surface area contributed by atoms with E-state index >= 15 is 0 Å². The van der Waals surface area contributed by atoms with Crippen LogP contribution in [0.4, 0.5) is 0 Å². The molecule has 1 unspecified atom stereocenters. The van der Waals surface area contributed by atoms with Crippen molar-refractivity contribution in [3.8, 4) is 0 Å². The number of likely N-dealkylation sites (N-methyl/N-ethyl adjacent to an activating group) is 1. The van der Waals surface area contributed by atoms with Crippen LogP contribution < -0.4 is 0 Å². The van der Waals surface area contributed by atoms with Crippen LogP contribution >= 0.6 is 0 Å². The highest BCUT2D eigenvalue weighted by molar-refractivity contribution is 5.89. The van der Waals surface area contributed by atoms with Gasteiger partial charge in [0.1, 0.15) is 0 Å². The van der Waals surface area contributed by atoms with Crippen molar-refractivity contribution in [2.75, 3.05) is 32.8 Å². The number of hydrogen-bond acceptors (Lipinski definition) is 4. The quantitative estimate of drug-likeness (QED) is 0.485. The summed E-state index contributed by atoms with van der Waals surface area (Å²) in [7, 11) is 0. The zero-order valence-corrected chi connectivity index (χ0v) is 15.1. The number of nitrogens with zero attached hydrogens (tertiary/aromatic N) is 1. The summed E-state index contributed by atoms with van der Waals surface area (Å²) in [5.74, 6) is -0.332. The molecule has 0 aliphatic carbocycles. The Morgan fingerprint density at radius 1 is 0.960 bits per heavy atom. The van der Waals surface area contributed by atoms with E-state index in [1.807, 2.05) is 48.5 Å². The smallest absolute Gasteiger partial charge is 0.338 e. The summed E-state index contributed by atoms with van der Waals surface area (Å²) in [4.78, 5) is 14.7. The van der Waals surface area contributed by atoms with Crippen LogP contribution in [-0.2, 0) is 9.47 Å². The number of carbonyl (C=O) groups excluding carboxylic acids is 1. The summed E-state index contributed by atoms with van der Waals surface area (Å²) in [5, 5.41) is 0. The summed E-state index contributed by atoms with van der Waals surface area (Å²) in [6.07, 6.45) is -0.411. The van der Waals surface area contributed by atoms with Gasteiger partial charge in [-0.25, -0.2) is 4.79 Å². The molecular formula is C21H27NO3. The molecular weight excluding hydrogens is 314 g/mol. The Kier molecular flexibility index (Phi) is 8.16. The van der Waals surface area contributed by atoms with E-state index in [0.29, 0.717) is 18.8 Å². The van der Waals surface area contributed by atoms with Gasteiger partial charge in [0.25, 0.3) is 0 Å². The molecule has 4 heteroatoms. The first-order chi connectivity index (χ1) is 12.2. The third-order valence-corrected chi connectivity index (χ3v) is 4.15. The van der Waals surface area contributed by atoms with Crippen LogP contribution in [0.1, 0.15) is 35.9 Å². The van der Waals surface area contributed by atoms with E-state index in [2.05, 4.69) is 18.7 Å². The number of rotatable bonds is 10. The lowest BCUT2D eigenvalue weighted by atomic mass is 10.1. The van der Waals surface area contributed by atoms with Crippen LogP contribution in [0.15, 0.2) is 60.7 Å². The number of ether oxygens (including phenoxy) is 2. The lowest BCUT2D eigenvalue weighted by molar-refractivity contribution is -0.00842. The third-order valence-electron chi connectivity index (χ3n) is 4.15. The van der Waals surface area contributed by atoms with Crippen LogP contribution in [0, 0.1) is 0 Å². The molecule has 0 saturated heterocycles. The normalized spacial score (nSPS) is 12.1. The van der Waals surface area contributed by atoms with Gasteiger partial charge in [-0.3, -0.25) is 0 Å². The molecule has 0 heterocycles. The molecule has 0 radical (unpaired) electrons. The Labute approximate surface area is 150 Å². The molecule has 0 saturated carbocycles. The van der Waals surface area contributed by atoms with Gasteiger partial charge in [0.05, 0.1) is 18.8 Å². The fourth-order valence-corrected chi connectivity index (χ4v) is 2.56. The Balaban J connectivity index is 1.95. The second-order valence-electron chi connectivity index (χ2n) is 5.77. The molecule has 0 fully saturated rings. The minimum absolute atomic E-state index is 0.332. The van der Waals surface area contributed by atoms with Crippen molar-refractivity contribution in [2.45, 2.75) is 20.0 Å². The van der Waals surface area contributed by atoms with Gasteiger partial charge < -0.3 is 14.4 Å². The molecule has 0 N–H and O–H groups in total. The fraction of sp³-hybridized carbons (Fsp3) is 0.381. The molecule has 4 nitrogen and oxygen atoms in total. The minimum atomic E-state index is -0.411. The number of esters is 1. The predicted molar refractivity (Wildman–Crippen MR) is 99.6 cm³/mol. The van der Waals surface area contributed by atoms with Gasteiger partial charge in [-0.1, -0.05) is 62.4 Å². The van der Waals surface area contributed by atoms with E-state index in [4.69, 9.17) is 9.47 Å². The molecule has 134 valence electrons. The maximum absolute atomic E-state index is 12.4. The van der Waals surface area contributed by atoms with E-state index in [9.17, 15) is 4.79 Å². The Hall–Kier alpha value is -2.17. The SMILES string of the molecule is CCN(CC)CCOCC(OC(=O)c1ccccc1)c1ccccc1. The first-order valence-corrected chi connectivity index (χ1v) is 8.85. The van der Waals surface area contributed by atoms with Crippen molar-refractivity contribution in [1.29, 1.82) is 0 Å². The highest BCUT2D eigenvalue weighted by atomic mass is 16.6. The van der Waals surface area contributed by atoms with Crippen molar-refractivity contribution in [2.24, 2.45) is 0 Å².